The van der Waals surface area contributed by atoms with Crippen molar-refractivity contribution in [2.45, 2.75) is 40.3 Å². The molecule has 0 saturated heterocycles. The van der Waals surface area contributed by atoms with Gasteiger partial charge >= 0.3 is 0 Å². The number of benzene rings is 1. The maximum absolute atomic E-state index is 12.3. The van der Waals surface area contributed by atoms with Crippen LogP contribution in [-0.4, -0.2) is 21.9 Å². The van der Waals surface area contributed by atoms with Gasteiger partial charge in [0.05, 0.1) is 0 Å². The Morgan fingerprint density at radius 1 is 1.18 bits per heavy atom. The highest BCUT2D eigenvalue weighted by Gasteiger charge is 2.11. The van der Waals surface area contributed by atoms with Crippen molar-refractivity contribution in [3.63, 3.8) is 0 Å². The van der Waals surface area contributed by atoms with Crippen LogP contribution in [0.4, 0.5) is 5.95 Å². The Hall–Kier alpha value is -2.43. The second kappa shape index (κ2) is 7.02. The number of nitrogens with one attached hydrogen (secondary N) is 2. The van der Waals surface area contributed by atoms with Crippen molar-refractivity contribution < 1.29 is 4.79 Å². The van der Waals surface area contributed by atoms with Crippen LogP contribution in [0.3, 0.4) is 0 Å². The molecule has 1 aromatic heterocycles. The predicted molar refractivity (Wildman–Crippen MR) is 87.9 cm³/mol. The van der Waals surface area contributed by atoms with E-state index < -0.39 is 0 Å². The molecule has 0 aliphatic carbocycles. The standard InChI is InChI=1S/C17H22N4O/c1-11(2)19-17-20-13(4)9-15(21-17)16(22)18-10-14-8-6-5-7-12(14)3/h5-9,11H,10H2,1-4H3,(H,18,22)(H,19,20,21). The fourth-order valence-electron chi connectivity index (χ4n) is 2.08. The lowest BCUT2D eigenvalue weighted by molar-refractivity contribution is 0.0945. The number of aromatic nitrogens is 2. The Morgan fingerprint density at radius 3 is 2.59 bits per heavy atom. The molecule has 2 aromatic rings. The normalized spacial score (nSPS) is 10.6. The summed E-state index contributed by atoms with van der Waals surface area (Å²) in [5.41, 5.74) is 3.40. The molecular formula is C17H22N4O. The Balaban J connectivity index is 2.09. The highest BCUT2D eigenvalue weighted by molar-refractivity contribution is 5.92. The zero-order valence-corrected chi connectivity index (χ0v) is 13.5. The SMILES string of the molecule is Cc1cc(C(=O)NCc2ccccc2C)nc(NC(C)C)n1. The average molecular weight is 298 g/mol. The summed E-state index contributed by atoms with van der Waals surface area (Å²) in [4.78, 5) is 20.9. The first-order valence-electron chi connectivity index (χ1n) is 7.40. The van der Waals surface area contributed by atoms with Crippen molar-refractivity contribution in [3.05, 3.63) is 52.8 Å². The number of amides is 1. The van der Waals surface area contributed by atoms with Crippen molar-refractivity contribution >= 4 is 11.9 Å². The van der Waals surface area contributed by atoms with Crippen LogP contribution in [0.1, 0.15) is 41.2 Å². The van der Waals surface area contributed by atoms with Gasteiger partial charge in [0.25, 0.3) is 5.91 Å². The van der Waals surface area contributed by atoms with Gasteiger partial charge in [-0.2, -0.15) is 0 Å². The smallest absolute Gasteiger partial charge is 0.270 e. The van der Waals surface area contributed by atoms with Crippen LogP contribution in [0.15, 0.2) is 30.3 Å². The summed E-state index contributed by atoms with van der Waals surface area (Å²) in [5, 5.41) is 6.03. The topological polar surface area (TPSA) is 66.9 Å². The summed E-state index contributed by atoms with van der Waals surface area (Å²) < 4.78 is 0. The van der Waals surface area contributed by atoms with E-state index in [1.807, 2.05) is 52.0 Å². The molecule has 22 heavy (non-hydrogen) atoms. The van der Waals surface area contributed by atoms with Crippen LogP contribution in [0.25, 0.3) is 0 Å². The first-order chi connectivity index (χ1) is 10.5. The average Bonchev–Trinajstić information content (AvgIpc) is 2.44. The molecule has 5 nitrogen and oxygen atoms in total. The molecule has 0 aliphatic rings. The quantitative estimate of drug-likeness (QED) is 0.890. The fraction of sp³-hybridized carbons (Fsp3) is 0.353. The maximum atomic E-state index is 12.3. The fourth-order valence-corrected chi connectivity index (χ4v) is 2.08. The Bertz CT molecular complexity index is 667. The molecule has 2 rings (SSSR count). The van der Waals surface area contributed by atoms with E-state index >= 15 is 0 Å². The minimum Gasteiger partial charge on any atom is -0.352 e. The summed E-state index contributed by atoms with van der Waals surface area (Å²) in [7, 11) is 0. The van der Waals surface area contributed by atoms with Gasteiger partial charge in [0.1, 0.15) is 5.69 Å². The number of hydrogen-bond donors (Lipinski definition) is 2. The van der Waals surface area contributed by atoms with Gasteiger partial charge in [0.15, 0.2) is 0 Å². The highest BCUT2D eigenvalue weighted by atomic mass is 16.1. The largest absolute Gasteiger partial charge is 0.352 e. The van der Waals surface area contributed by atoms with Gasteiger partial charge in [-0.15, -0.1) is 0 Å². The second-order valence-corrected chi connectivity index (χ2v) is 5.63. The van der Waals surface area contributed by atoms with Crippen LogP contribution in [0.5, 0.6) is 0 Å². The lowest BCUT2D eigenvalue weighted by atomic mass is 10.1. The van der Waals surface area contributed by atoms with E-state index in [9.17, 15) is 4.79 Å². The lowest BCUT2D eigenvalue weighted by Gasteiger charge is -2.11. The number of hydrogen-bond acceptors (Lipinski definition) is 4. The molecule has 1 aromatic carbocycles. The van der Waals surface area contributed by atoms with Crippen LogP contribution in [0.2, 0.25) is 0 Å². The van der Waals surface area contributed by atoms with Gasteiger partial charge in [0, 0.05) is 18.3 Å². The van der Waals surface area contributed by atoms with Crippen molar-refractivity contribution in [1.82, 2.24) is 15.3 Å². The minimum absolute atomic E-state index is 0.194. The zero-order valence-electron chi connectivity index (χ0n) is 13.5. The molecule has 0 spiro atoms. The number of anilines is 1. The molecule has 0 radical (unpaired) electrons. The van der Waals surface area contributed by atoms with E-state index in [1.54, 1.807) is 6.07 Å². The summed E-state index contributed by atoms with van der Waals surface area (Å²) in [5.74, 6) is 0.289. The van der Waals surface area contributed by atoms with Gasteiger partial charge in [-0.25, -0.2) is 9.97 Å². The van der Waals surface area contributed by atoms with Crippen LogP contribution >= 0.6 is 0 Å². The van der Waals surface area contributed by atoms with Crippen molar-refractivity contribution in [2.24, 2.45) is 0 Å². The molecule has 0 saturated carbocycles. The molecule has 5 heteroatoms. The highest BCUT2D eigenvalue weighted by Crippen LogP contribution is 2.09. The third-order valence-electron chi connectivity index (χ3n) is 3.21. The van der Waals surface area contributed by atoms with Crippen molar-refractivity contribution in [2.75, 3.05) is 5.32 Å². The van der Waals surface area contributed by atoms with Crippen LogP contribution in [0, 0.1) is 13.8 Å². The van der Waals surface area contributed by atoms with Gasteiger partial charge < -0.3 is 10.6 Å². The molecule has 0 atom stereocenters. The van der Waals surface area contributed by atoms with Crippen molar-refractivity contribution in [1.29, 1.82) is 0 Å². The van der Waals surface area contributed by atoms with Gasteiger partial charge in [-0.1, -0.05) is 24.3 Å². The summed E-state index contributed by atoms with van der Waals surface area (Å²) in [6, 6.07) is 9.89. The minimum atomic E-state index is -0.194. The van der Waals surface area contributed by atoms with E-state index in [1.165, 1.54) is 0 Å². The Morgan fingerprint density at radius 2 is 1.91 bits per heavy atom. The van der Waals surface area contributed by atoms with E-state index in [0.29, 0.717) is 18.2 Å². The molecule has 116 valence electrons. The molecular weight excluding hydrogens is 276 g/mol. The number of aryl methyl sites for hydroxylation is 2. The number of rotatable bonds is 5. The zero-order chi connectivity index (χ0) is 16.1. The lowest BCUT2D eigenvalue weighted by Crippen LogP contribution is -2.25. The first kappa shape index (κ1) is 15.9. The maximum Gasteiger partial charge on any atom is 0.270 e. The molecule has 0 unspecified atom stereocenters. The van der Waals surface area contributed by atoms with Gasteiger partial charge in [-0.3, -0.25) is 4.79 Å². The molecule has 0 bridgehead atoms. The molecule has 1 amide bonds. The summed E-state index contributed by atoms with van der Waals surface area (Å²) >= 11 is 0. The molecule has 1 heterocycles. The van der Waals surface area contributed by atoms with E-state index in [0.717, 1.165) is 16.8 Å². The molecule has 0 fully saturated rings. The monoisotopic (exact) mass is 298 g/mol. The molecule has 0 aliphatic heterocycles. The van der Waals surface area contributed by atoms with Crippen molar-refractivity contribution in [3.8, 4) is 0 Å². The van der Waals surface area contributed by atoms with Crippen LogP contribution in [-0.2, 0) is 6.54 Å². The predicted octanol–water partition coefficient (Wildman–Crippen LogP) is 2.84. The second-order valence-electron chi connectivity index (χ2n) is 5.63. The number of nitrogens with zero attached hydrogens (tertiary/aromatic N) is 2. The Labute approximate surface area is 131 Å². The number of carbonyl (C=O) groups excluding carboxylic acids is 1. The number of carbonyl (C=O) groups is 1. The van der Waals surface area contributed by atoms with E-state index in [-0.39, 0.29) is 11.9 Å². The summed E-state index contributed by atoms with van der Waals surface area (Å²) in [6.07, 6.45) is 0. The summed E-state index contributed by atoms with van der Waals surface area (Å²) in [6.45, 7) is 8.38. The third kappa shape index (κ3) is 4.28. The van der Waals surface area contributed by atoms with Gasteiger partial charge in [-0.05, 0) is 44.9 Å². The van der Waals surface area contributed by atoms with E-state index in [2.05, 4.69) is 20.6 Å². The molecule has 2 N–H and O–H groups in total. The van der Waals surface area contributed by atoms with Crippen LogP contribution < -0.4 is 10.6 Å². The van der Waals surface area contributed by atoms with E-state index in [4.69, 9.17) is 0 Å². The van der Waals surface area contributed by atoms with Gasteiger partial charge in [0.2, 0.25) is 5.95 Å². The first-order valence-corrected chi connectivity index (χ1v) is 7.40. The Kier molecular flexibility index (Phi) is 5.09. The third-order valence-corrected chi connectivity index (χ3v) is 3.21.